The van der Waals surface area contributed by atoms with Crippen LogP contribution in [0, 0.1) is 23.4 Å². The predicted octanol–water partition coefficient (Wildman–Crippen LogP) is 7.99. The molecule has 2 nitrogen and oxygen atoms in total. The van der Waals surface area contributed by atoms with Gasteiger partial charge in [0.1, 0.15) is 0 Å². The molecule has 4 rings (SSSR count). The Bertz CT molecular complexity index is 1180. The number of aliphatic hydroxyl groups is 1. The van der Waals surface area contributed by atoms with Crippen LogP contribution in [0.2, 0.25) is 0 Å². The molecular formula is C30H31F3O2. The Morgan fingerprint density at radius 2 is 1.57 bits per heavy atom. The van der Waals surface area contributed by atoms with Crippen molar-refractivity contribution in [2.75, 3.05) is 6.61 Å². The van der Waals surface area contributed by atoms with Crippen molar-refractivity contribution in [1.82, 2.24) is 0 Å². The van der Waals surface area contributed by atoms with Crippen molar-refractivity contribution in [3.8, 4) is 16.9 Å². The molecule has 184 valence electrons. The van der Waals surface area contributed by atoms with E-state index in [0.29, 0.717) is 12.2 Å². The van der Waals surface area contributed by atoms with Crippen LogP contribution in [-0.2, 0) is 0 Å². The molecule has 5 heteroatoms. The van der Waals surface area contributed by atoms with E-state index in [-0.39, 0.29) is 29.3 Å². The van der Waals surface area contributed by atoms with Crippen LogP contribution in [0.15, 0.2) is 54.6 Å². The predicted molar refractivity (Wildman–Crippen MR) is 135 cm³/mol. The standard InChI is InChI=1S/C30H31F3O2/c1-3-35-28-17-15-25(18-27(28)31)22-7-4-20(5-8-22)6-9-24-14-16-26(30(33)29(24)32)23-12-10-21(11-13-23)19(2)34/h4-9,14-19,21,23,34H,3,10-13H2,1-2H3/b9-6+. The van der Waals surface area contributed by atoms with Gasteiger partial charge in [-0.2, -0.15) is 0 Å². The van der Waals surface area contributed by atoms with Crippen molar-refractivity contribution < 1.29 is 23.0 Å². The Hall–Kier alpha value is -3.05. The lowest BCUT2D eigenvalue weighted by Crippen LogP contribution is -2.23. The van der Waals surface area contributed by atoms with Crippen LogP contribution < -0.4 is 4.74 Å². The van der Waals surface area contributed by atoms with Crippen molar-refractivity contribution in [1.29, 1.82) is 0 Å². The van der Waals surface area contributed by atoms with Crippen LogP contribution in [0.5, 0.6) is 5.75 Å². The first kappa shape index (κ1) is 25.1. The summed E-state index contributed by atoms with van der Waals surface area (Å²) in [5.74, 6) is -1.58. The molecular weight excluding hydrogens is 449 g/mol. The maximum absolute atomic E-state index is 14.9. The van der Waals surface area contributed by atoms with E-state index in [4.69, 9.17) is 4.74 Å². The molecule has 1 atom stereocenters. The van der Waals surface area contributed by atoms with Crippen molar-refractivity contribution in [3.63, 3.8) is 0 Å². The van der Waals surface area contributed by atoms with Gasteiger partial charge in [-0.1, -0.05) is 54.6 Å². The lowest BCUT2D eigenvalue weighted by Gasteiger charge is -2.30. The van der Waals surface area contributed by atoms with Crippen molar-refractivity contribution in [2.45, 2.75) is 51.6 Å². The molecule has 0 heterocycles. The van der Waals surface area contributed by atoms with Gasteiger partial charge in [-0.3, -0.25) is 0 Å². The maximum Gasteiger partial charge on any atom is 0.166 e. The zero-order valence-electron chi connectivity index (χ0n) is 20.1. The molecule has 0 aliphatic heterocycles. The quantitative estimate of drug-likeness (QED) is 0.347. The minimum atomic E-state index is -0.835. The Labute approximate surface area is 205 Å². The van der Waals surface area contributed by atoms with Gasteiger partial charge >= 0.3 is 0 Å². The highest BCUT2D eigenvalue weighted by Crippen LogP contribution is 2.39. The van der Waals surface area contributed by atoms with Gasteiger partial charge in [-0.25, -0.2) is 13.2 Å². The minimum absolute atomic E-state index is 0.0162. The van der Waals surface area contributed by atoms with E-state index < -0.39 is 17.5 Å². The Kier molecular flexibility index (Phi) is 7.97. The summed E-state index contributed by atoms with van der Waals surface area (Å²) in [6.07, 6.45) is 6.10. The molecule has 0 spiro atoms. The third-order valence-electron chi connectivity index (χ3n) is 6.97. The zero-order chi connectivity index (χ0) is 24.9. The first-order valence-electron chi connectivity index (χ1n) is 12.2. The number of ether oxygens (including phenoxy) is 1. The maximum atomic E-state index is 14.9. The number of hydrogen-bond acceptors (Lipinski definition) is 2. The van der Waals surface area contributed by atoms with E-state index >= 15 is 0 Å². The topological polar surface area (TPSA) is 29.5 Å². The highest BCUT2D eigenvalue weighted by atomic mass is 19.2. The molecule has 1 aliphatic rings. The number of aliphatic hydroxyl groups excluding tert-OH is 1. The second kappa shape index (κ2) is 11.1. The van der Waals surface area contributed by atoms with Crippen molar-refractivity contribution in [2.24, 2.45) is 5.92 Å². The molecule has 1 N–H and O–H groups in total. The lowest BCUT2D eigenvalue weighted by molar-refractivity contribution is 0.0963. The normalized spacial score (nSPS) is 19.1. The van der Waals surface area contributed by atoms with E-state index in [2.05, 4.69) is 0 Å². The third kappa shape index (κ3) is 5.79. The summed E-state index contributed by atoms with van der Waals surface area (Å²) in [4.78, 5) is 0. The average molecular weight is 481 g/mol. The number of benzene rings is 3. The lowest BCUT2D eigenvalue weighted by atomic mass is 9.76. The highest BCUT2D eigenvalue weighted by molar-refractivity contribution is 5.72. The molecule has 1 aliphatic carbocycles. The first-order chi connectivity index (χ1) is 16.9. The van der Waals surface area contributed by atoms with E-state index in [0.717, 1.165) is 42.4 Å². The first-order valence-corrected chi connectivity index (χ1v) is 12.2. The van der Waals surface area contributed by atoms with Gasteiger partial charge in [0.25, 0.3) is 0 Å². The van der Waals surface area contributed by atoms with Gasteiger partial charge in [0.15, 0.2) is 23.2 Å². The molecule has 0 radical (unpaired) electrons. The summed E-state index contributed by atoms with van der Waals surface area (Å²) < 4.78 is 49.1. The smallest absolute Gasteiger partial charge is 0.166 e. The third-order valence-corrected chi connectivity index (χ3v) is 6.97. The summed E-state index contributed by atoms with van der Waals surface area (Å²) >= 11 is 0. The summed E-state index contributed by atoms with van der Waals surface area (Å²) in [5, 5.41) is 9.77. The number of halogens is 3. The van der Waals surface area contributed by atoms with E-state index in [1.54, 1.807) is 50.3 Å². The van der Waals surface area contributed by atoms with Gasteiger partial charge in [-0.15, -0.1) is 0 Å². The summed E-state index contributed by atoms with van der Waals surface area (Å²) in [7, 11) is 0. The van der Waals surface area contributed by atoms with Crippen molar-refractivity contribution >= 4 is 12.2 Å². The molecule has 0 amide bonds. The highest BCUT2D eigenvalue weighted by Gasteiger charge is 2.27. The fourth-order valence-corrected chi connectivity index (χ4v) is 4.86. The molecule has 3 aromatic carbocycles. The second-order valence-corrected chi connectivity index (χ2v) is 9.26. The largest absolute Gasteiger partial charge is 0.491 e. The summed E-state index contributed by atoms with van der Waals surface area (Å²) in [5.41, 5.74) is 3.02. The van der Waals surface area contributed by atoms with Gasteiger partial charge in [0, 0.05) is 5.56 Å². The fourth-order valence-electron chi connectivity index (χ4n) is 4.86. The Balaban J connectivity index is 1.45. The average Bonchev–Trinajstić information content (AvgIpc) is 2.87. The molecule has 0 saturated heterocycles. The van der Waals surface area contributed by atoms with Crippen LogP contribution >= 0.6 is 0 Å². The van der Waals surface area contributed by atoms with Gasteiger partial charge in [-0.05, 0) is 85.8 Å². The van der Waals surface area contributed by atoms with Gasteiger partial charge in [0.05, 0.1) is 12.7 Å². The van der Waals surface area contributed by atoms with Gasteiger partial charge < -0.3 is 9.84 Å². The van der Waals surface area contributed by atoms with Crippen LogP contribution in [0.1, 0.15) is 62.1 Å². The molecule has 0 bridgehead atoms. The van der Waals surface area contributed by atoms with Gasteiger partial charge in [0.2, 0.25) is 0 Å². The summed E-state index contributed by atoms with van der Waals surface area (Å²) in [6, 6.07) is 15.6. The monoisotopic (exact) mass is 480 g/mol. The second-order valence-electron chi connectivity index (χ2n) is 9.26. The van der Waals surface area contributed by atoms with E-state index in [9.17, 15) is 18.3 Å². The van der Waals surface area contributed by atoms with E-state index in [1.165, 1.54) is 6.07 Å². The molecule has 35 heavy (non-hydrogen) atoms. The van der Waals surface area contributed by atoms with Crippen LogP contribution in [0.3, 0.4) is 0 Å². The zero-order valence-corrected chi connectivity index (χ0v) is 20.1. The molecule has 3 aromatic rings. The van der Waals surface area contributed by atoms with Crippen LogP contribution in [0.4, 0.5) is 13.2 Å². The molecule has 1 unspecified atom stereocenters. The van der Waals surface area contributed by atoms with Crippen LogP contribution in [0.25, 0.3) is 23.3 Å². The Morgan fingerprint density at radius 3 is 2.20 bits per heavy atom. The molecule has 1 saturated carbocycles. The molecule has 1 fully saturated rings. The van der Waals surface area contributed by atoms with E-state index in [1.807, 2.05) is 24.3 Å². The number of hydrogen-bond donors (Lipinski definition) is 1. The SMILES string of the molecule is CCOc1ccc(-c2ccc(/C=C/c3ccc(C4CCC(C(C)O)CC4)c(F)c3F)cc2)cc1F. The summed E-state index contributed by atoms with van der Waals surface area (Å²) in [6.45, 7) is 3.99. The molecule has 0 aromatic heterocycles. The fraction of sp³-hybridized carbons (Fsp3) is 0.333. The number of rotatable bonds is 7. The van der Waals surface area contributed by atoms with Crippen LogP contribution in [-0.4, -0.2) is 17.8 Å². The Morgan fingerprint density at radius 1 is 0.886 bits per heavy atom. The van der Waals surface area contributed by atoms with Crippen molar-refractivity contribution in [3.05, 3.63) is 88.7 Å². The minimum Gasteiger partial charge on any atom is -0.491 e.